The molecule has 0 aliphatic carbocycles. The zero-order valence-electron chi connectivity index (χ0n) is 11.5. The highest BCUT2D eigenvalue weighted by Crippen LogP contribution is 2.73. The summed E-state index contributed by atoms with van der Waals surface area (Å²) in [4.78, 5) is 0. The molecule has 0 saturated heterocycles. The molecule has 0 bridgehead atoms. The van der Waals surface area contributed by atoms with Gasteiger partial charge in [-0.25, -0.2) is 0 Å². The van der Waals surface area contributed by atoms with E-state index in [0.29, 0.717) is 0 Å². The fraction of sp³-hybridized carbons (Fsp3) is 1.00. The summed E-state index contributed by atoms with van der Waals surface area (Å²) in [6, 6.07) is 0. The first-order chi connectivity index (χ1) is 10.7. The van der Waals surface area contributed by atoms with E-state index in [2.05, 4.69) is 0 Å². The van der Waals surface area contributed by atoms with Crippen LogP contribution in [0.1, 0.15) is 0 Å². The number of rotatable bonds is 0. The van der Waals surface area contributed by atoms with Gasteiger partial charge in [0, 0.05) is 0 Å². The van der Waals surface area contributed by atoms with E-state index in [1.807, 2.05) is 0 Å². The smallest absolute Gasteiger partial charge is 0.166 e. The molecule has 0 N–H and O–H groups in total. The van der Waals surface area contributed by atoms with Crippen molar-refractivity contribution in [3.8, 4) is 0 Å². The van der Waals surface area contributed by atoms with Crippen molar-refractivity contribution in [1.29, 1.82) is 0 Å². The predicted octanol–water partition coefficient (Wildman–Crippen LogP) is 8.90. The minimum Gasteiger partial charge on any atom is -0.166 e. The molecule has 0 amide bonds. The van der Waals surface area contributed by atoms with Gasteiger partial charge in [0.15, 0.2) is 0 Å². The molecule has 28 heavy (non-hydrogen) atoms. The maximum atomic E-state index is 11.3. The van der Waals surface area contributed by atoms with Crippen LogP contribution >= 0.6 is 40.7 Å². The molecule has 0 saturated carbocycles. The third-order valence-corrected chi connectivity index (χ3v) is 4.56. The zero-order valence-corrected chi connectivity index (χ0v) is 14.9. The Morgan fingerprint density at radius 1 is 0.250 bits per heavy atom. The van der Waals surface area contributed by atoms with Crippen molar-refractivity contribution < 1.29 is 79.0 Å². The van der Waals surface area contributed by atoms with Crippen LogP contribution in [-0.4, -0.2) is 35.5 Å². The van der Waals surface area contributed by atoms with E-state index >= 15 is 0 Å². The van der Waals surface area contributed by atoms with E-state index in [9.17, 15) is 79.0 Å². The Labute approximate surface area is 156 Å². The average molecular weight is 549 g/mol. The van der Waals surface area contributed by atoms with Crippen LogP contribution < -0.4 is 0 Å². The lowest BCUT2D eigenvalue weighted by molar-refractivity contribution is -0.125. The molecule has 176 valence electrons. The fourth-order valence-electron chi connectivity index (χ4n) is 0.862. The van der Waals surface area contributed by atoms with Crippen LogP contribution in [0.25, 0.3) is 0 Å². The standard InChI is InChI=1S/2C3F9P.2ClH/c2*4-1(5,6)13(2(7,8)9)3(10,11)12;;/h;;2*1H. The highest BCUT2D eigenvalue weighted by atomic mass is 35.5. The molecule has 0 atom stereocenters. The molecule has 0 fully saturated rings. The SMILES string of the molecule is Cl.Cl.FC(F)(F)P(C(F)(F)F)C(F)(F)F.FC(F)(F)P(C(F)(F)F)C(F)(F)F. The van der Waals surface area contributed by atoms with Crippen LogP contribution in [0, 0.1) is 0 Å². The first kappa shape index (κ1) is 35.6. The van der Waals surface area contributed by atoms with Crippen LogP contribution in [0.3, 0.4) is 0 Å². The minimum atomic E-state index is -6.30. The van der Waals surface area contributed by atoms with Crippen LogP contribution in [-0.2, 0) is 0 Å². The summed E-state index contributed by atoms with van der Waals surface area (Å²) in [6.07, 6.45) is 0. The third-order valence-electron chi connectivity index (χ3n) is 1.52. The Bertz CT molecular complexity index is 327. The van der Waals surface area contributed by atoms with Gasteiger partial charge >= 0.3 is 35.5 Å². The summed E-state index contributed by atoms with van der Waals surface area (Å²) in [5, 5.41) is 0. The Kier molecular flexibility index (Phi) is 13.3. The summed E-state index contributed by atoms with van der Waals surface area (Å²) in [5.41, 5.74) is 0. The average Bonchev–Trinajstić information content (AvgIpc) is 1.97. The molecule has 0 aliphatic heterocycles. The molecule has 0 rings (SSSR count). The second-order valence-electron chi connectivity index (χ2n) is 3.48. The van der Waals surface area contributed by atoms with Gasteiger partial charge in [-0.15, -0.1) is 24.8 Å². The summed E-state index contributed by atoms with van der Waals surface area (Å²) in [6.45, 7) is 0. The predicted molar refractivity (Wildman–Crippen MR) is 64.7 cm³/mol. The molecule has 0 spiro atoms. The van der Waals surface area contributed by atoms with E-state index in [0.717, 1.165) is 0 Å². The molecule has 0 aromatic carbocycles. The summed E-state index contributed by atoms with van der Waals surface area (Å²) >= 11 is 0. The van der Waals surface area contributed by atoms with E-state index in [-0.39, 0.29) is 24.8 Å². The molecule has 0 radical (unpaired) electrons. The van der Waals surface area contributed by atoms with Crippen molar-refractivity contribution in [2.45, 2.75) is 35.5 Å². The van der Waals surface area contributed by atoms with Crippen molar-refractivity contribution in [2.75, 3.05) is 0 Å². The topological polar surface area (TPSA) is 0 Å². The first-order valence-electron chi connectivity index (χ1n) is 4.74. The van der Waals surface area contributed by atoms with E-state index in [1.165, 1.54) is 0 Å². The van der Waals surface area contributed by atoms with E-state index in [1.54, 1.807) is 0 Å². The van der Waals surface area contributed by atoms with Crippen molar-refractivity contribution in [2.24, 2.45) is 0 Å². The monoisotopic (exact) mass is 548 g/mol. The van der Waals surface area contributed by atoms with Crippen molar-refractivity contribution in [3.63, 3.8) is 0 Å². The van der Waals surface area contributed by atoms with Gasteiger partial charge in [-0.2, -0.15) is 79.0 Å². The van der Waals surface area contributed by atoms with Crippen LogP contribution in [0.2, 0.25) is 0 Å². The number of alkyl halides is 18. The first-order valence-corrected chi connectivity index (χ1v) is 7.43. The Morgan fingerprint density at radius 3 is 0.321 bits per heavy atom. The largest absolute Gasteiger partial charge is 0.422 e. The summed E-state index contributed by atoms with van der Waals surface area (Å²) < 4.78 is 203. The van der Waals surface area contributed by atoms with Crippen molar-refractivity contribution in [3.05, 3.63) is 0 Å². The second kappa shape index (κ2) is 10.5. The van der Waals surface area contributed by atoms with Gasteiger partial charge < -0.3 is 0 Å². The maximum Gasteiger partial charge on any atom is 0.422 e. The quantitative estimate of drug-likeness (QED) is 0.209. The number of hydrogen-bond donors (Lipinski definition) is 0. The maximum absolute atomic E-state index is 11.3. The second-order valence-corrected chi connectivity index (χ2v) is 7.86. The van der Waals surface area contributed by atoms with Crippen LogP contribution in [0.5, 0.6) is 0 Å². The Morgan fingerprint density at radius 2 is 0.321 bits per heavy atom. The minimum absolute atomic E-state index is 0. The van der Waals surface area contributed by atoms with Gasteiger partial charge in [0.05, 0.1) is 0 Å². The molecule has 0 unspecified atom stereocenters. The molecule has 0 aromatic heterocycles. The lowest BCUT2D eigenvalue weighted by atomic mass is 11.5. The normalized spacial score (nSPS) is 14.1. The van der Waals surface area contributed by atoms with Gasteiger partial charge in [-0.1, -0.05) is 0 Å². The van der Waals surface area contributed by atoms with Crippen LogP contribution in [0.4, 0.5) is 79.0 Å². The molecule has 22 heteroatoms. The molecule has 0 heterocycles. The molecule has 0 nitrogen and oxygen atoms in total. The lowest BCUT2D eigenvalue weighted by Crippen LogP contribution is -2.27. The fourth-order valence-corrected chi connectivity index (χ4v) is 2.59. The molecule has 0 aromatic rings. The number of halogens is 20. The van der Waals surface area contributed by atoms with Gasteiger partial charge in [0.25, 0.3) is 0 Å². The summed E-state index contributed by atoms with van der Waals surface area (Å²) in [5.74, 6) is -37.8. The van der Waals surface area contributed by atoms with Gasteiger partial charge in [0.2, 0.25) is 15.8 Å². The van der Waals surface area contributed by atoms with E-state index in [4.69, 9.17) is 0 Å². The van der Waals surface area contributed by atoms with Gasteiger partial charge in [-0.05, 0) is 0 Å². The summed E-state index contributed by atoms with van der Waals surface area (Å²) in [7, 11) is -12.0. The van der Waals surface area contributed by atoms with Crippen LogP contribution in [0.15, 0.2) is 0 Å². The lowest BCUT2D eigenvalue weighted by Gasteiger charge is -2.24. The highest BCUT2D eigenvalue weighted by molar-refractivity contribution is 7.61. The molecular formula is C6H2Cl2F18P2. The van der Waals surface area contributed by atoms with E-state index < -0.39 is 51.3 Å². The van der Waals surface area contributed by atoms with Gasteiger partial charge in [-0.3, -0.25) is 0 Å². The highest BCUT2D eigenvalue weighted by Gasteiger charge is 2.71. The number of hydrogen-bond acceptors (Lipinski definition) is 0. The molecular weight excluding hydrogens is 547 g/mol. The zero-order chi connectivity index (χ0) is 22.2. The Hall–Kier alpha value is 0.180. The Balaban J connectivity index is -0.000000192. The third kappa shape index (κ3) is 12.7. The van der Waals surface area contributed by atoms with Crippen molar-refractivity contribution in [1.82, 2.24) is 0 Å². The molecule has 0 aliphatic rings. The van der Waals surface area contributed by atoms with Crippen molar-refractivity contribution >= 4 is 40.7 Å². The van der Waals surface area contributed by atoms with Gasteiger partial charge in [0.1, 0.15) is 0 Å².